The molecule has 0 fully saturated rings. The van der Waals surface area contributed by atoms with Crippen molar-refractivity contribution in [2.75, 3.05) is 5.75 Å². The van der Waals surface area contributed by atoms with Crippen LogP contribution in [0.5, 0.6) is 0 Å². The van der Waals surface area contributed by atoms with E-state index in [9.17, 15) is 0 Å². The SMILES string of the molecule is CCCCCCCCCCCCCCCCCC[SH]=P(O)(O)O. The minimum Gasteiger partial charge on any atom is -0.329 e. The Balaban J connectivity index is 3.06. The fourth-order valence-electron chi connectivity index (χ4n) is 2.86. The number of rotatable bonds is 17. The first-order valence-corrected chi connectivity index (χ1v) is 13.3. The second kappa shape index (κ2) is 17.5. The lowest BCUT2D eigenvalue weighted by Gasteiger charge is -2.04. The molecule has 0 bridgehead atoms. The van der Waals surface area contributed by atoms with E-state index in [1.54, 1.807) is 0 Å². The van der Waals surface area contributed by atoms with E-state index in [2.05, 4.69) is 6.92 Å². The molecule has 0 radical (unpaired) electrons. The third kappa shape index (κ3) is 22.7. The topological polar surface area (TPSA) is 60.7 Å². The summed E-state index contributed by atoms with van der Waals surface area (Å²) in [4.78, 5) is 26.6. The van der Waals surface area contributed by atoms with Gasteiger partial charge in [-0.2, -0.15) is 0 Å². The van der Waals surface area contributed by atoms with Crippen LogP contribution in [0, 0.1) is 0 Å². The molecule has 0 saturated carbocycles. The highest BCUT2D eigenvalue weighted by molar-refractivity contribution is 8.16. The zero-order valence-electron chi connectivity index (χ0n) is 15.3. The predicted molar refractivity (Wildman–Crippen MR) is 107 cm³/mol. The second-order valence-electron chi connectivity index (χ2n) is 6.70. The van der Waals surface area contributed by atoms with Crippen molar-refractivity contribution < 1.29 is 14.7 Å². The average molecular weight is 369 g/mol. The van der Waals surface area contributed by atoms with E-state index in [0.29, 0.717) is 16.7 Å². The van der Waals surface area contributed by atoms with Crippen molar-refractivity contribution in [1.29, 1.82) is 0 Å². The molecule has 0 aliphatic rings. The largest absolute Gasteiger partial charge is 0.329 e. The van der Waals surface area contributed by atoms with Crippen molar-refractivity contribution in [2.24, 2.45) is 0 Å². The summed E-state index contributed by atoms with van der Waals surface area (Å²) in [7, 11) is 0.414. The third-order valence-corrected chi connectivity index (χ3v) is 6.94. The first kappa shape index (κ1) is 23.7. The molecule has 0 saturated heterocycles. The molecule has 0 unspecified atom stereocenters. The molecule has 23 heavy (non-hydrogen) atoms. The molecule has 5 heteroatoms. The van der Waals surface area contributed by atoms with E-state index in [1.807, 2.05) is 0 Å². The van der Waals surface area contributed by atoms with E-state index < -0.39 is 6.72 Å². The van der Waals surface area contributed by atoms with Gasteiger partial charge in [-0.15, -0.1) is 10.9 Å². The minimum atomic E-state index is -3.53. The van der Waals surface area contributed by atoms with Crippen molar-refractivity contribution in [1.82, 2.24) is 0 Å². The van der Waals surface area contributed by atoms with Gasteiger partial charge in [-0.25, -0.2) is 0 Å². The van der Waals surface area contributed by atoms with Gasteiger partial charge >= 0.3 is 0 Å². The van der Waals surface area contributed by atoms with Crippen LogP contribution >= 0.6 is 6.72 Å². The second-order valence-corrected chi connectivity index (χ2v) is 11.0. The van der Waals surface area contributed by atoms with Gasteiger partial charge in [-0.1, -0.05) is 103 Å². The Bertz CT molecular complexity index is 284. The number of thiol groups is 1. The molecule has 0 amide bonds. The monoisotopic (exact) mass is 368 g/mol. The van der Waals surface area contributed by atoms with Crippen LogP contribution in [0.25, 0.3) is 0 Å². The summed E-state index contributed by atoms with van der Waals surface area (Å²) in [5, 5.41) is 0. The quantitative estimate of drug-likeness (QED) is 0.151. The van der Waals surface area contributed by atoms with Crippen LogP contribution in [0.2, 0.25) is 0 Å². The molecule has 0 aromatic carbocycles. The van der Waals surface area contributed by atoms with Gasteiger partial charge in [0.25, 0.3) is 6.72 Å². The Morgan fingerprint density at radius 3 is 1.13 bits per heavy atom. The lowest BCUT2D eigenvalue weighted by Crippen LogP contribution is -1.87. The molecule has 0 aliphatic heterocycles. The molecule has 142 valence electrons. The van der Waals surface area contributed by atoms with Crippen LogP contribution in [-0.2, 0) is 10.9 Å². The molecule has 0 spiro atoms. The van der Waals surface area contributed by atoms with Crippen LogP contribution < -0.4 is 0 Å². The maximum Gasteiger partial charge on any atom is 0.274 e. The Labute approximate surface area is 148 Å². The van der Waals surface area contributed by atoms with Gasteiger partial charge in [0.1, 0.15) is 0 Å². The van der Waals surface area contributed by atoms with Crippen LogP contribution in [0.3, 0.4) is 0 Å². The third-order valence-electron chi connectivity index (χ3n) is 4.30. The molecule has 3 N–H and O–H groups in total. The van der Waals surface area contributed by atoms with E-state index in [1.165, 1.54) is 89.9 Å². The summed E-state index contributed by atoms with van der Waals surface area (Å²) in [5.41, 5.74) is 0. The maximum atomic E-state index is 8.85. The molecule has 0 aliphatic carbocycles. The zero-order valence-corrected chi connectivity index (χ0v) is 17.0. The molecule has 0 rings (SSSR count). The fourth-order valence-corrected chi connectivity index (χ4v) is 4.73. The van der Waals surface area contributed by atoms with Gasteiger partial charge in [0.05, 0.1) is 0 Å². The molecular weight excluding hydrogens is 327 g/mol. The maximum absolute atomic E-state index is 8.85. The van der Waals surface area contributed by atoms with E-state index in [4.69, 9.17) is 14.7 Å². The summed E-state index contributed by atoms with van der Waals surface area (Å²) < 4.78 is 0. The summed E-state index contributed by atoms with van der Waals surface area (Å²) in [6.45, 7) is -1.26. The van der Waals surface area contributed by atoms with Crippen molar-refractivity contribution in [3.05, 3.63) is 0 Å². The highest BCUT2D eigenvalue weighted by Crippen LogP contribution is 2.31. The first-order chi connectivity index (χ1) is 11.1. The van der Waals surface area contributed by atoms with Gasteiger partial charge in [-0.05, 0) is 12.2 Å². The normalized spacial score (nSPS) is 12.0. The average Bonchev–Trinajstić information content (AvgIpc) is 2.49. The predicted octanol–water partition coefficient (Wildman–Crippen LogP) is 5.72. The molecular formula is C18H41O3PS. The Hall–Kier alpha value is 0.660. The molecule has 0 heterocycles. The smallest absolute Gasteiger partial charge is 0.274 e. The van der Waals surface area contributed by atoms with Crippen LogP contribution in [-0.4, -0.2) is 20.4 Å². The molecule has 0 aromatic heterocycles. The number of unbranched alkanes of at least 4 members (excludes halogenated alkanes) is 15. The van der Waals surface area contributed by atoms with E-state index in [0.717, 1.165) is 12.8 Å². The van der Waals surface area contributed by atoms with Crippen molar-refractivity contribution in [3.8, 4) is 0 Å². The number of hydrogen-bond donors (Lipinski definition) is 4. The van der Waals surface area contributed by atoms with E-state index in [-0.39, 0.29) is 0 Å². The summed E-state index contributed by atoms with van der Waals surface area (Å²) in [6, 6.07) is 0. The molecule has 3 nitrogen and oxygen atoms in total. The van der Waals surface area contributed by atoms with Gasteiger partial charge in [0, 0.05) is 0 Å². The Morgan fingerprint density at radius 2 is 0.826 bits per heavy atom. The van der Waals surface area contributed by atoms with Crippen LogP contribution in [0.1, 0.15) is 110 Å². The summed E-state index contributed by atoms with van der Waals surface area (Å²) >= 11 is 0. The van der Waals surface area contributed by atoms with Gasteiger partial charge in [0.2, 0.25) is 0 Å². The van der Waals surface area contributed by atoms with Gasteiger partial charge < -0.3 is 14.7 Å². The Kier molecular flexibility index (Phi) is 18.0. The standard InChI is InChI=1S/C18H41O3PS/c1-2-3-4-5-6-7-8-9-10-11-12-13-14-15-16-17-18-23-22(19,20)21/h19-21,23H,2-18H2,1H3. The van der Waals surface area contributed by atoms with Gasteiger partial charge in [-0.3, -0.25) is 0 Å². The Morgan fingerprint density at radius 1 is 0.522 bits per heavy atom. The molecule has 0 atom stereocenters. The zero-order chi connectivity index (χ0) is 17.2. The van der Waals surface area contributed by atoms with Crippen molar-refractivity contribution in [2.45, 2.75) is 110 Å². The first-order valence-electron chi connectivity index (χ1n) is 9.82. The summed E-state index contributed by atoms with van der Waals surface area (Å²) in [5.74, 6) is 0.704. The van der Waals surface area contributed by atoms with Crippen molar-refractivity contribution in [3.63, 3.8) is 0 Å². The van der Waals surface area contributed by atoms with E-state index >= 15 is 0 Å². The highest BCUT2D eigenvalue weighted by atomic mass is 32.5. The lowest BCUT2D eigenvalue weighted by atomic mass is 10.0. The lowest BCUT2D eigenvalue weighted by molar-refractivity contribution is 0.363. The van der Waals surface area contributed by atoms with Crippen LogP contribution in [0.15, 0.2) is 0 Å². The van der Waals surface area contributed by atoms with Gasteiger partial charge in [0.15, 0.2) is 0 Å². The summed E-state index contributed by atoms with van der Waals surface area (Å²) in [6.07, 6.45) is 21.5. The molecule has 0 aromatic rings. The van der Waals surface area contributed by atoms with Crippen LogP contribution in [0.4, 0.5) is 0 Å². The fraction of sp³-hybridized carbons (Fsp3) is 1.00. The number of hydrogen-bond acceptors (Lipinski definition) is 0. The highest BCUT2D eigenvalue weighted by Gasteiger charge is 1.99. The minimum absolute atomic E-state index is 0.414. The van der Waals surface area contributed by atoms with Crippen molar-refractivity contribution >= 4 is 17.7 Å².